The van der Waals surface area contributed by atoms with Crippen LogP contribution in [0, 0.1) is 17.3 Å². The maximum atomic E-state index is 6.06. The van der Waals surface area contributed by atoms with Gasteiger partial charge in [-0.05, 0) is 36.9 Å². The highest BCUT2D eigenvalue weighted by Gasteiger charge is 2.34. The molecule has 2 fully saturated rings. The van der Waals surface area contributed by atoms with Crippen molar-refractivity contribution in [3.63, 3.8) is 0 Å². The minimum absolute atomic E-state index is 0.351. The van der Waals surface area contributed by atoms with Crippen LogP contribution >= 0.6 is 23.5 Å². The summed E-state index contributed by atoms with van der Waals surface area (Å²) in [4.78, 5) is 0. The first-order valence-electron chi connectivity index (χ1n) is 7.97. The van der Waals surface area contributed by atoms with Gasteiger partial charge in [-0.3, -0.25) is 0 Å². The molecule has 0 saturated carbocycles. The summed E-state index contributed by atoms with van der Waals surface area (Å²) in [6.45, 7) is 11.1. The quantitative estimate of drug-likeness (QED) is 0.735. The fraction of sp³-hybridized carbons (Fsp3) is 1.00. The standard InChI is InChI=1S/C16H30O2S2/c1-12(2)14-18-10-16(4,11-20-14)7-6-13(3)15-17-8-5-9-19-15/h12-15H,5-11H2,1-4H3. The zero-order valence-corrected chi connectivity index (χ0v) is 15.0. The van der Waals surface area contributed by atoms with Gasteiger partial charge in [-0.25, -0.2) is 0 Å². The Morgan fingerprint density at radius 3 is 2.50 bits per heavy atom. The van der Waals surface area contributed by atoms with Gasteiger partial charge in [-0.15, -0.1) is 23.5 Å². The molecule has 118 valence electrons. The molecule has 0 bridgehead atoms. The molecule has 0 aromatic carbocycles. The first-order chi connectivity index (χ1) is 9.50. The zero-order chi connectivity index (χ0) is 14.6. The topological polar surface area (TPSA) is 18.5 Å². The molecule has 4 atom stereocenters. The van der Waals surface area contributed by atoms with Crippen LogP contribution in [0.1, 0.15) is 47.0 Å². The molecule has 2 aliphatic rings. The predicted molar refractivity (Wildman–Crippen MR) is 90.4 cm³/mol. The summed E-state index contributed by atoms with van der Waals surface area (Å²) < 4.78 is 11.9. The van der Waals surface area contributed by atoms with E-state index in [2.05, 4.69) is 27.7 Å². The van der Waals surface area contributed by atoms with Gasteiger partial charge in [0.25, 0.3) is 0 Å². The van der Waals surface area contributed by atoms with Crippen LogP contribution in [0.4, 0.5) is 0 Å². The molecule has 0 amide bonds. The lowest BCUT2D eigenvalue weighted by atomic mass is 9.85. The molecule has 2 aliphatic heterocycles. The van der Waals surface area contributed by atoms with Gasteiger partial charge in [0.2, 0.25) is 0 Å². The summed E-state index contributed by atoms with van der Waals surface area (Å²) in [7, 11) is 0. The van der Waals surface area contributed by atoms with E-state index in [1.807, 2.05) is 23.5 Å². The second kappa shape index (κ2) is 7.75. The zero-order valence-electron chi connectivity index (χ0n) is 13.4. The Balaban J connectivity index is 1.72. The summed E-state index contributed by atoms with van der Waals surface area (Å²) in [6.07, 6.45) is 3.73. The highest BCUT2D eigenvalue weighted by atomic mass is 32.2. The average molecular weight is 319 g/mol. The van der Waals surface area contributed by atoms with Crippen molar-refractivity contribution in [2.75, 3.05) is 24.7 Å². The predicted octanol–water partition coefficient (Wildman–Crippen LogP) is 4.63. The first-order valence-corrected chi connectivity index (χ1v) is 10.1. The van der Waals surface area contributed by atoms with Crippen molar-refractivity contribution in [3.8, 4) is 0 Å². The summed E-state index contributed by atoms with van der Waals surface area (Å²) >= 11 is 4.01. The molecule has 2 nitrogen and oxygen atoms in total. The van der Waals surface area contributed by atoms with Crippen molar-refractivity contribution in [1.29, 1.82) is 0 Å². The molecule has 0 aromatic heterocycles. The molecule has 4 heteroatoms. The van der Waals surface area contributed by atoms with Crippen molar-refractivity contribution in [1.82, 2.24) is 0 Å². The number of ether oxygens (including phenoxy) is 2. The minimum Gasteiger partial charge on any atom is -0.367 e. The highest BCUT2D eigenvalue weighted by Crippen LogP contribution is 2.40. The van der Waals surface area contributed by atoms with Crippen LogP contribution in [0.25, 0.3) is 0 Å². The molecule has 2 heterocycles. The molecule has 0 aliphatic carbocycles. The number of rotatable bonds is 5. The highest BCUT2D eigenvalue weighted by molar-refractivity contribution is 8.00. The first kappa shape index (κ1) is 17.0. The molecule has 20 heavy (non-hydrogen) atoms. The van der Waals surface area contributed by atoms with Crippen molar-refractivity contribution in [3.05, 3.63) is 0 Å². The molecule has 0 radical (unpaired) electrons. The van der Waals surface area contributed by atoms with E-state index in [-0.39, 0.29) is 0 Å². The Labute approximate surface area is 133 Å². The van der Waals surface area contributed by atoms with E-state index in [1.54, 1.807) is 0 Å². The van der Waals surface area contributed by atoms with Gasteiger partial charge in [-0.1, -0.05) is 27.7 Å². The smallest absolute Gasteiger partial charge is 0.105 e. The SMILES string of the molecule is CC(C)C1OCC(C)(CCC(C)C2OCCCS2)CS1. The lowest BCUT2D eigenvalue weighted by Crippen LogP contribution is -2.37. The molecule has 0 aromatic rings. The molecule has 0 spiro atoms. The molecule has 2 rings (SSSR count). The Morgan fingerprint density at radius 1 is 1.15 bits per heavy atom. The van der Waals surface area contributed by atoms with Crippen LogP contribution in [-0.4, -0.2) is 35.6 Å². The lowest BCUT2D eigenvalue weighted by molar-refractivity contribution is 0.00732. The van der Waals surface area contributed by atoms with Gasteiger partial charge in [-0.2, -0.15) is 0 Å². The molecule has 4 unspecified atom stereocenters. The Kier molecular flexibility index (Phi) is 6.58. The fourth-order valence-corrected chi connectivity index (χ4v) is 5.25. The number of thioether (sulfide) groups is 2. The van der Waals surface area contributed by atoms with E-state index < -0.39 is 0 Å². The van der Waals surface area contributed by atoms with Gasteiger partial charge in [0.05, 0.1) is 6.61 Å². The second-order valence-corrected chi connectivity index (χ2v) is 9.32. The van der Waals surface area contributed by atoms with E-state index in [0.717, 1.165) is 13.2 Å². The van der Waals surface area contributed by atoms with Gasteiger partial charge < -0.3 is 9.47 Å². The number of hydrogen-bond acceptors (Lipinski definition) is 4. The van der Waals surface area contributed by atoms with Crippen molar-refractivity contribution in [2.45, 2.75) is 57.8 Å². The third-order valence-electron chi connectivity index (χ3n) is 4.26. The molecule has 0 N–H and O–H groups in total. The Bertz CT molecular complexity index is 282. The molecular formula is C16H30O2S2. The maximum Gasteiger partial charge on any atom is 0.105 e. The summed E-state index contributed by atoms with van der Waals surface area (Å²) in [5, 5.41) is 0. The molecular weight excluding hydrogens is 288 g/mol. The van der Waals surface area contributed by atoms with Crippen molar-refractivity contribution in [2.24, 2.45) is 17.3 Å². The van der Waals surface area contributed by atoms with Gasteiger partial charge in [0, 0.05) is 17.8 Å². The summed E-state index contributed by atoms with van der Waals surface area (Å²) in [5.74, 6) is 3.78. The van der Waals surface area contributed by atoms with Crippen LogP contribution in [0.3, 0.4) is 0 Å². The third kappa shape index (κ3) is 4.82. The fourth-order valence-electron chi connectivity index (χ4n) is 2.73. The van der Waals surface area contributed by atoms with Crippen molar-refractivity contribution >= 4 is 23.5 Å². The van der Waals surface area contributed by atoms with E-state index in [1.165, 1.54) is 30.8 Å². The van der Waals surface area contributed by atoms with Gasteiger partial charge >= 0.3 is 0 Å². The van der Waals surface area contributed by atoms with E-state index in [0.29, 0.717) is 28.1 Å². The van der Waals surface area contributed by atoms with Crippen LogP contribution in [0.2, 0.25) is 0 Å². The van der Waals surface area contributed by atoms with Gasteiger partial charge in [0.15, 0.2) is 0 Å². The minimum atomic E-state index is 0.351. The largest absolute Gasteiger partial charge is 0.367 e. The lowest BCUT2D eigenvalue weighted by Gasteiger charge is -2.39. The Morgan fingerprint density at radius 2 is 1.95 bits per heavy atom. The van der Waals surface area contributed by atoms with Crippen molar-refractivity contribution < 1.29 is 9.47 Å². The van der Waals surface area contributed by atoms with E-state index >= 15 is 0 Å². The summed E-state index contributed by atoms with van der Waals surface area (Å²) in [5.41, 5.74) is 1.18. The normalized spacial score (nSPS) is 37.0. The Hall–Kier alpha value is 0.620. The van der Waals surface area contributed by atoms with Crippen LogP contribution in [0.15, 0.2) is 0 Å². The van der Waals surface area contributed by atoms with Crippen LogP contribution in [-0.2, 0) is 9.47 Å². The monoisotopic (exact) mass is 318 g/mol. The summed E-state index contributed by atoms with van der Waals surface area (Å²) in [6, 6.07) is 0. The van der Waals surface area contributed by atoms with Crippen LogP contribution in [0.5, 0.6) is 0 Å². The molecule has 2 saturated heterocycles. The maximum absolute atomic E-state index is 6.06. The third-order valence-corrected chi connectivity index (χ3v) is 7.58. The van der Waals surface area contributed by atoms with Gasteiger partial charge in [0.1, 0.15) is 10.9 Å². The average Bonchev–Trinajstić information content (AvgIpc) is 2.46. The van der Waals surface area contributed by atoms with E-state index in [9.17, 15) is 0 Å². The number of hydrogen-bond donors (Lipinski definition) is 0. The second-order valence-electron chi connectivity index (χ2n) is 7.02. The van der Waals surface area contributed by atoms with Crippen LogP contribution < -0.4 is 0 Å². The van der Waals surface area contributed by atoms with E-state index in [4.69, 9.17) is 9.47 Å².